The first-order valence-corrected chi connectivity index (χ1v) is 11.7. The highest BCUT2D eigenvalue weighted by Gasteiger charge is 2.35. The molecule has 0 aliphatic carbocycles. The van der Waals surface area contributed by atoms with Crippen LogP contribution in [-0.2, 0) is 20.9 Å². The van der Waals surface area contributed by atoms with Crippen LogP contribution in [-0.4, -0.2) is 66.9 Å². The van der Waals surface area contributed by atoms with Gasteiger partial charge in [-0.3, -0.25) is 14.9 Å². The van der Waals surface area contributed by atoms with Gasteiger partial charge in [0, 0.05) is 59.5 Å². The summed E-state index contributed by atoms with van der Waals surface area (Å²) in [5.74, 6) is 0.419. The summed E-state index contributed by atoms with van der Waals surface area (Å²) in [5.41, 5.74) is 3.80. The number of ether oxygens (including phenoxy) is 3. The van der Waals surface area contributed by atoms with Gasteiger partial charge in [0.05, 0.1) is 29.3 Å². The molecular formula is C27H26N4O5. The number of H-pyrrole nitrogens is 1. The Morgan fingerprint density at radius 3 is 2.50 bits per heavy atom. The molecule has 184 valence electrons. The third kappa shape index (κ3) is 3.55. The highest BCUT2D eigenvalue weighted by molar-refractivity contribution is 6.50. The molecule has 2 aliphatic rings. The summed E-state index contributed by atoms with van der Waals surface area (Å²) in [6.45, 7) is 1.41. The number of imide groups is 1. The normalized spacial score (nSPS) is 16.1. The predicted molar refractivity (Wildman–Crippen MR) is 136 cm³/mol. The fourth-order valence-electron chi connectivity index (χ4n) is 5.11. The van der Waals surface area contributed by atoms with Crippen LogP contribution < -0.4 is 14.8 Å². The van der Waals surface area contributed by atoms with E-state index in [0.717, 1.165) is 28.4 Å². The lowest BCUT2D eigenvalue weighted by molar-refractivity contribution is -0.122. The highest BCUT2D eigenvalue weighted by Crippen LogP contribution is 2.43. The molecule has 2 aliphatic heterocycles. The van der Waals surface area contributed by atoms with Gasteiger partial charge in [-0.2, -0.15) is 0 Å². The highest BCUT2D eigenvalue weighted by atomic mass is 16.7. The van der Waals surface area contributed by atoms with Crippen LogP contribution in [0, 0.1) is 0 Å². The Balaban J connectivity index is 1.58. The number of rotatable bonds is 7. The molecule has 1 unspecified atom stereocenters. The molecule has 4 aromatic rings. The van der Waals surface area contributed by atoms with Gasteiger partial charge in [-0.1, -0.05) is 18.2 Å². The van der Waals surface area contributed by atoms with E-state index in [9.17, 15) is 9.59 Å². The van der Waals surface area contributed by atoms with Crippen LogP contribution in [0.2, 0.25) is 0 Å². The average molecular weight is 487 g/mol. The molecule has 0 radical (unpaired) electrons. The molecule has 2 N–H and O–H groups in total. The van der Waals surface area contributed by atoms with Gasteiger partial charge in [0.1, 0.15) is 0 Å². The molecule has 0 spiro atoms. The Kier molecular flexibility index (Phi) is 5.31. The van der Waals surface area contributed by atoms with Crippen LogP contribution in [0.25, 0.3) is 33.0 Å². The van der Waals surface area contributed by atoms with Crippen molar-refractivity contribution < 1.29 is 23.8 Å². The van der Waals surface area contributed by atoms with Gasteiger partial charge in [0.25, 0.3) is 11.8 Å². The molecule has 2 amide bonds. The van der Waals surface area contributed by atoms with Crippen molar-refractivity contribution in [2.45, 2.75) is 12.6 Å². The second-order valence-electron chi connectivity index (χ2n) is 9.32. The number of benzene rings is 2. The van der Waals surface area contributed by atoms with Crippen LogP contribution in [0.1, 0.15) is 11.1 Å². The van der Waals surface area contributed by atoms with Crippen molar-refractivity contribution >= 4 is 44.8 Å². The lowest BCUT2D eigenvalue weighted by Crippen LogP contribution is -2.31. The standard InChI is InChI=1S/C27H26N4O5/c1-30(2)11-15(34-3)12-31-13-19(17-8-22-23(9-21(17)31)36-14-35-22)25-24(26(32)29-27(25)33)18-10-28-20-7-5-4-6-16(18)20/h4-10,13,15,28H,11-12,14H2,1-3H3,(H,29,32,33). The first-order valence-electron chi connectivity index (χ1n) is 11.7. The molecule has 0 saturated carbocycles. The number of hydrogen-bond donors (Lipinski definition) is 2. The van der Waals surface area contributed by atoms with Gasteiger partial charge in [-0.15, -0.1) is 0 Å². The summed E-state index contributed by atoms with van der Waals surface area (Å²) in [7, 11) is 5.68. The third-order valence-corrected chi connectivity index (χ3v) is 6.74. The first-order chi connectivity index (χ1) is 17.4. The maximum atomic E-state index is 13.2. The van der Waals surface area contributed by atoms with Crippen molar-refractivity contribution in [2.24, 2.45) is 0 Å². The molecule has 36 heavy (non-hydrogen) atoms. The lowest BCUT2D eigenvalue weighted by Gasteiger charge is -2.20. The summed E-state index contributed by atoms with van der Waals surface area (Å²) in [6.07, 6.45) is 3.61. The minimum absolute atomic E-state index is 0.0880. The summed E-state index contributed by atoms with van der Waals surface area (Å²) in [6, 6.07) is 11.5. The molecule has 2 aromatic carbocycles. The van der Waals surface area contributed by atoms with Gasteiger partial charge in [0.15, 0.2) is 11.5 Å². The molecule has 9 nitrogen and oxygen atoms in total. The molecular weight excluding hydrogens is 460 g/mol. The Bertz CT molecular complexity index is 1560. The zero-order chi connectivity index (χ0) is 25.0. The molecule has 0 saturated heterocycles. The molecule has 2 aromatic heterocycles. The summed E-state index contributed by atoms with van der Waals surface area (Å²) >= 11 is 0. The number of carbonyl (C=O) groups excluding carboxylic acids is 2. The van der Waals surface area contributed by atoms with E-state index >= 15 is 0 Å². The van der Waals surface area contributed by atoms with Crippen LogP contribution in [0.3, 0.4) is 0 Å². The third-order valence-electron chi connectivity index (χ3n) is 6.74. The predicted octanol–water partition coefficient (Wildman–Crippen LogP) is 3.00. The topological polar surface area (TPSA) is 97.8 Å². The number of likely N-dealkylation sites (N-methyl/N-ethyl adjacent to an activating group) is 1. The van der Waals surface area contributed by atoms with Gasteiger partial charge in [-0.25, -0.2) is 0 Å². The number of aromatic amines is 1. The largest absolute Gasteiger partial charge is 0.454 e. The zero-order valence-corrected chi connectivity index (χ0v) is 20.3. The number of nitrogens with one attached hydrogen (secondary N) is 2. The maximum Gasteiger partial charge on any atom is 0.259 e. The lowest BCUT2D eigenvalue weighted by atomic mass is 9.95. The van der Waals surface area contributed by atoms with E-state index in [1.807, 2.05) is 56.7 Å². The quantitative estimate of drug-likeness (QED) is 0.390. The minimum Gasteiger partial charge on any atom is -0.454 e. The summed E-state index contributed by atoms with van der Waals surface area (Å²) < 4.78 is 19.1. The van der Waals surface area contributed by atoms with Crippen LogP contribution in [0.15, 0.2) is 48.8 Å². The minimum atomic E-state index is -0.423. The monoisotopic (exact) mass is 486 g/mol. The number of nitrogens with zero attached hydrogens (tertiary/aromatic N) is 2. The van der Waals surface area contributed by atoms with E-state index in [0.29, 0.717) is 40.3 Å². The van der Waals surface area contributed by atoms with E-state index in [-0.39, 0.29) is 12.9 Å². The zero-order valence-electron chi connectivity index (χ0n) is 20.3. The van der Waals surface area contributed by atoms with Crippen LogP contribution >= 0.6 is 0 Å². The molecule has 6 rings (SSSR count). The number of carbonyl (C=O) groups is 2. The average Bonchev–Trinajstić information content (AvgIpc) is 3.62. The number of hydrogen-bond acceptors (Lipinski definition) is 6. The molecule has 4 heterocycles. The first kappa shape index (κ1) is 22.4. The van der Waals surface area contributed by atoms with Gasteiger partial charge < -0.3 is 28.7 Å². The van der Waals surface area contributed by atoms with E-state index < -0.39 is 11.8 Å². The van der Waals surface area contributed by atoms with E-state index in [1.54, 1.807) is 13.3 Å². The van der Waals surface area contributed by atoms with Crippen molar-refractivity contribution in [3.63, 3.8) is 0 Å². The summed E-state index contributed by atoms with van der Waals surface area (Å²) in [5, 5.41) is 4.19. The fraction of sp³-hybridized carbons (Fsp3) is 0.259. The second kappa shape index (κ2) is 8.54. The molecule has 9 heteroatoms. The van der Waals surface area contributed by atoms with E-state index in [2.05, 4.69) is 19.8 Å². The van der Waals surface area contributed by atoms with Crippen molar-refractivity contribution in [3.8, 4) is 11.5 Å². The number of fused-ring (bicyclic) bond motifs is 3. The van der Waals surface area contributed by atoms with Gasteiger partial charge >= 0.3 is 0 Å². The maximum absolute atomic E-state index is 13.2. The smallest absolute Gasteiger partial charge is 0.259 e. The number of amides is 2. The Labute approximate surface area is 207 Å². The molecule has 1 atom stereocenters. The van der Waals surface area contributed by atoms with Gasteiger partial charge in [-0.05, 0) is 26.2 Å². The van der Waals surface area contributed by atoms with E-state index in [1.165, 1.54) is 0 Å². The van der Waals surface area contributed by atoms with Crippen LogP contribution in [0.5, 0.6) is 11.5 Å². The SMILES string of the molecule is COC(CN(C)C)Cn1cc(C2=C(c3c[nH]c4ccccc34)C(=O)NC2=O)c2cc3c(cc21)OCO3. The van der Waals surface area contributed by atoms with E-state index in [4.69, 9.17) is 14.2 Å². The molecule has 0 fully saturated rings. The Morgan fingerprint density at radius 2 is 1.75 bits per heavy atom. The van der Waals surface area contributed by atoms with Crippen molar-refractivity contribution in [1.29, 1.82) is 0 Å². The fourth-order valence-corrected chi connectivity index (χ4v) is 5.11. The van der Waals surface area contributed by atoms with Gasteiger partial charge in [0.2, 0.25) is 6.79 Å². The summed E-state index contributed by atoms with van der Waals surface area (Å²) in [4.78, 5) is 31.6. The number of methoxy groups -OCH3 is 1. The second-order valence-corrected chi connectivity index (χ2v) is 9.32. The van der Waals surface area contributed by atoms with Crippen molar-refractivity contribution in [1.82, 2.24) is 19.8 Å². The number of para-hydroxylation sites is 1. The van der Waals surface area contributed by atoms with Crippen molar-refractivity contribution in [3.05, 3.63) is 59.9 Å². The Hall–Kier alpha value is -4.08. The number of aromatic nitrogens is 2. The Morgan fingerprint density at radius 1 is 1.03 bits per heavy atom. The molecule has 0 bridgehead atoms. The van der Waals surface area contributed by atoms with Crippen molar-refractivity contribution in [2.75, 3.05) is 34.5 Å². The van der Waals surface area contributed by atoms with Crippen LogP contribution in [0.4, 0.5) is 0 Å².